The van der Waals surface area contributed by atoms with Crippen molar-refractivity contribution < 1.29 is 22.7 Å². The zero-order valence-electron chi connectivity index (χ0n) is 18.4. The quantitative estimate of drug-likeness (QED) is 0.646. The van der Waals surface area contributed by atoms with Crippen molar-refractivity contribution in [3.8, 4) is 11.5 Å². The number of hydrogen-bond acceptors (Lipinski definition) is 6. The molecule has 0 bridgehead atoms. The Labute approximate surface area is 184 Å². The van der Waals surface area contributed by atoms with Gasteiger partial charge < -0.3 is 19.3 Å². The van der Waals surface area contributed by atoms with Crippen LogP contribution >= 0.6 is 0 Å². The average molecular weight is 448 g/mol. The average Bonchev–Trinajstić information content (AvgIpc) is 2.77. The predicted molar refractivity (Wildman–Crippen MR) is 119 cm³/mol. The molecule has 8 nitrogen and oxygen atoms in total. The molecular weight excluding hydrogens is 418 g/mol. The Kier molecular flexibility index (Phi) is 7.07. The molecule has 9 heteroatoms. The molecule has 0 unspecified atom stereocenters. The van der Waals surface area contributed by atoms with Gasteiger partial charge in [-0.1, -0.05) is 12.1 Å². The number of benzene rings is 2. The van der Waals surface area contributed by atoms with Crippen molar-refractivity contribution in [2.75, 3.05) is 58.3 Å². The summed E-state index contributed by atoms with van der Waals surface area (Å²) in [4.78, 5) is 16.9. The number of anilines is 1. The molecule has 2 aromatic carbocycles. The Balaban J connectivity index is 2.03. The summed E-state index contributed by atoms with van der Waals surface area (Å²) in [6.07, 6.45) is 0. The monoisotopic (exact) mass is 447 g/mol. The molecule has 1 amide bonds. The number of amides is 1. The highest BCUT2D eigenvalue weighted by molar-refractivity contribution is 7.93. The maximum absolute atomic E-state index is 13.8. The topological polar surface area (TPSA) is 79.4 Å². The van der Waals surface area contributed by atoms with E-state index in [2.05, 4.69) is 4.90 Å². The van der Waals surface area contributed by atoms with E-state index in [-0.39, 0.29) is 23.1 Å². The number of likely N-dealkylation sites (N-methyl/N-ethyl adjacent to an activating group) is 1. The Morgan fingerprint density at radius 2 is 1.74 bits per heavy atom. The highest BCUT2D eigenvalue weighted by Gasteiger charge is 2.32. The van der Waals surface area contributed by atoms with E-state index in [1.54, 1.807) is 47.4 Å². The molecule has 2 aromatic rings. The van der Waals surface area contributed by atoms with Gasteiger partial charge in [0.2, 0.25) is 5.91 Å². The Hall–Kier alpha value is -2.78. The number of methoxy groups -OCH3 is 2. The third-order valence-corrected chi connectivity index (χ3v) is 7.16. The maximum atomic E-state index is 13.8. The second-order valence-corrected chi connectivity index (χ2v) is 9.38. The third kappa shape index (κ3) is 5.11. The van der Waals surface area contributed by atoms with Crippen LogP contribution in [0.3, 0.4) is 0 Å². The summed E-state index contributed by atoms with van der Waals surface area (Å²) in [5.74, 6) is 0.484. The van der Waals surface area contributed by atoms with E-state index < -0.39 is 10.0 Å². The van der Waals surface area contributed by atoms with Gasteiger partial charge in [0.05, 0.1) is 19.9 Å². The van der Waals surface area contributed by atoms with Gasteiger partial charge in [-0.3, -0.25) is 9.10 Å². The van der Waals surface area contributed by atoms with Crippen LogP contribution in [0, 0.1) is 6.92 Å². The number of rotatable bonds is 7. The van der Waals surface area contributed by atoms with E-state index in [1.807, 2.05) is 14.0 Å². The molecule has 1 saturated heterocycles. The lowest BCUT2D eigenvalue weighted by atomic mass is 10.2. The van der Waals surface area contributed by atoms with Crippen molar-refractivity contribution in [1.82, 2.24) is 9.80 Å². The summed E-state index contributed by atoms with van der Waals surface area (Å²) in [7, 11) is 0.841. The first-order chi connectivity index (χ1) is 14.8. The number of ether oxygens (including phenoxy) is 2. The second kappa shape index (κ2) is 9.57. The first-order valence-corrected chi connectivity index (χ1v) is 11.5. The van der Waals surface area contributed by atoms with E-state index in [1.165, 1.54) is 14.2 Å². The van der Waals surface area contributed by atoms with Crippen molar-refractivity contribution in [2.45, 2.75) is 11.8 Å². The van der Waals surface area contributed by atoms with Gasteiger partial charge in [-0.25, -0.2) is 8.42 Å². The summed E-state index contributed by atoms with van der Waals surface area (Å²) < 4.78 is 39.2. The lowest BCUT2D eigenvalue weighted by molar-refractivity contribution is -0.131. The van der Waals surface area contributed by atoms with Crippen molar-refractivity contribution >= 4 is 21.6 Å². The molecule has 0 atom stereocenters. The molecular formula is C22H29N3O5S. The molecule has 1 aliphatic rings. The predicted octanol–water partition coefficient (Wildman–Crippen LogP) is 1.98. The van der Waals surface area contributed by atoms with Crippen molar-refractivity contribution in [3.05, 3.63) is 48.0 Å². The lowest BCUT2D eigenvalue weighted by Gasteiger charge is -2.34. The fourth-order valence-electron chi connectivity index (χ4n) is 3.46. The summed E-state index contributed by atoms with van der Waals surface area (Å²) in [5.41, 5.74) is 1.13. The standard InChI is InChI=1S/C22H29N3O5S/c1-17-8-9-20(30-4)21(14-17)31(27,28)25(18-6-5-7-19(15-18)29-3)16-22(26)24-12-10-23(2)11-13-24/h5-9,14-15H,10-13,16H2,1-4H3. The van der Waals surface area contributed by atoms with Gasteiger partial charge >= 0.3 is 0 Å². The summed E-state index contributed by atoms with van der Waals surface area (Å²) in [6.45, 7) is 4.14. The van der Waals surface area contributed by atoms with E-state index in [4.69, 9.17) is 9.47 Å². The molecule has 0 radical (unpaired) electrons. The fraction of sp³-hybridized carbons (Fsp3) is 0.409. The molecule has 3 rings (SSSR count). The van der Waals surface area contributed by atoms with Crippen molar-refractivity contribution in [1.29, 1.82) is 0 Å². The van der Waals surface area contributed by atoms with Crippen LogP contribution in [0.2, 0.25) is 0 Å². The van der Waals surface area contributed by atoms with Crippen LogP contribution in [0.1, 0.15) is 5.56 Å². The first-order valence-electron chi connectivity index (χ1n) is 10.0. The van der Waals surface area contributed by atoms with Gasteiger partial charge in [-0.15, -0.1) is 0 Å². The van der Waals surface area contributed by atoms with E-state index in [0.29, 0.717) is 24.5 Å². The third-order valence-electron chi connectivity index (χ3n) is 5.36. The van der Waals surface area contributed by atoms with Crippen LogP contribution in [-0.4, -0.2) is 78.1 Å². The molecule has 0 aliphatic carbocycles. The Morgan fingerprint density at radius 3 is 2.39 bits per heavy atom. The van der Waals surface area contributed by atoms with Crippen LogP contribution < -0.4 is 13.8 Å². The number of carbonyl (C=O) groups excluding carboxylic acids is 1. The van der Waals surface area contributed by atoms with Gasteiger partial charge in [0.15, 0.2) is 0 Å². The summed E-state index contributed by atoms with van der Waals surface area (Å²) in [5, 5.41) is 0. The van der Waals surface area contributed by atoms with Crippen molar-refractivity contribution in [2.24, 2.45) is 0 Å². The van der Waals surface area contributed by atoms with Gasteiger partial charge in [0.1, 0.15) is 22.9 Å². The van der Waals surface area contributed by atoms with E-state index >= 15 is 0 Å². The largest absolute Gasteiger partial charge is 0.497 e. The van der Waals surface area contributed by atoms with Crippen LogP contribution in [0.4, 0.5) is 5.69 Å². The van der Waals surface area contributed by atoms with Gasteiger partial charge in [-0.2, -0.15) is 0 Å². The minimum atomic E-state index is -4.09. The van der Waals surface area contributed by atoms with Crippen LogP contribution in [-0.2, 0) is 14.8 Å². The summed E-state index contributed by atoms with van der Waals surface area (Å²) >= 11 is 0. The number of aryl methyl sites for hydroxylation is 1. The van der Waals surface area contributed by atoms with Crippen LogP contribution in [0.15, 0.2) is 47.4 Å². The molecule has 0 saturated carbocycles. The molecule has 0 aromatic heterocycles. The maximum Gasteiger partial charge on any atom is 0.268 e. The van der Waals surface area contributed by atoms with Gasteiger partial charge in [0, 0.05) is 32.2 Å². The SMILES string of the molecule is COc1cccc(N(CC(=O)N2CCN(C)CC2)S(=O)(=O)c2cc(C)ccc2OC)c1. The highest BCUT2D eigenvalue weighted by atomic mass is 32.2. The van der Waals surface area contributed by atoms with Crippen LogP contribution in [0.25, 0.3) is 0 Å². The summed E-state index contributed by atoms with van der Waals surface area (Å²) in [6, 6.07) is 11.6. The molecule has 1 heterocycles. The Bertz CT molecular complexity index is 1030. The number of sulfonamides is 1. The molecule has 0 spiro atoms. The normalized spacial score (nSPS) is 14.9. The zero-order valence-corrected chi connectivity index (χ0v) is 19.2. The molecule has 1 fully saturated rings. The number of nitrogens with zero attached hydrogens (tertiary/aromatic N) is 3. The second-order valence-electron chi connectivity index (χ2n) is 7.55. The molecule has 1 aliphatic heterocycles. The smallest absolute Gasteiger partial charge is 0.268 e. The zero-order chi connectivity index (χ0) is 22.6. The van der Waals surface area contributed by atoms with Gasteiger partial charge in [-0.05, 0) is 43.8 Å². The highest BCUT2D eigenvalue weighted by Crippen LogP contribution is 2.32. The number of hydrogen-bond donors (Lipinski definition) is 0. The first kappa shape index (κ1) is 22.9. The molecule has 31 heavy (non-hydrogen) atoms. The lowest BCUT2D eigenvalue weighted by Crippen LogP contribution is -2.50. The molecule has 168 valence electrons. The Morgan fingerprint density at radius 1 is 1.03 bits per heavy atom. The van der Waals surface area contributed by atoms with Crippen LogP contribution in [0.5, 0.6) is 11.5 Å². The van der Waals surface area contributed by atoms with E-state index in [0.717, 1.165) is 23.0 Å². The van der Waals surface area contributed by atoms with Gasteiger partial charge in [0.25, 0.3) is 10.0 Å². The van der Waals surface area contributed by atoms with E-state index in [9.17, 15) is 13.2 Å². The minimum Gasteiger partial charge on any atom is -0.497 e. The number of piperazine rings is 1. The minimum absolute atomic E-state index is 0.0176. The number of carbonyl (C=O) groups is 1. The molecule has 0 N–H and O–H groups in total. The fourth-order valence-corrected chi connectivity index (χ4v) is 5.11. The van der Waals surface area contributed by atoms with Crippen molar-refractivity contribution in [3.63, 3.8) is 0 Å².